The first-order chi connectivity index (χ1) is 11.2. The predicted molar refractivity (Wildman–Crippen MR) is 91.6 cm³/mol. The summed E-state index contributed by atoms with van der Waals surface area (Å²) in [4.78, 5) is 26.7. The molecule has 5 heteroatoms. The molecule has 126 valence electrons. The van der Waals surface area contributed by atoms with Gasteiger partial charge in [0.15, 0.2) is 0 Å². The summed E-state index contributed by atoms with van der Waals surface area (Å²) in [7, 11) is 0. The number of amides is 2. The van der Waals surface area contributed by atoms with E-state index in [1.165, 1.54) is 0 Å². The van der Waals surface area contributed by atoms with E-state index in [1.54, 1.807) is 24.3 Å². The van der Waals surface area contributed by atoms with Gasteiger partial charge in [0.2, 0.25) is 0 Å². The summed E-state index contributed by atoms with van der Waals surface area (Å²) < 4.78 is 0. The zero-order valence-electron chi connectivity index (χ0n) is 14.1. The number of carbonyl (C=O) groups is 2. The Hall–Kier alpha value is -1.88. The third-order valence-corrected chi connectivity index (χ3v) is 4.06. The van der Waals surface area contributed by atoms with E-state index >= 15 is 0 Å². The van der Waals surface area contributed by atoms with E-state index in [2.05, 4.69) is 24.5 Å². The highest BCUT2D eigenvalue weighted by molar-refractivity contribution is 5.99. The molecule has 2 N–H and O–H groups in total. The van der Waals surface area contributed by atoms with Gasteiger partial charge in [-0.3, -0.25) is 9.59 Å². The van der Waals surface area contributed by atoms with Crippen LogP contribution in [0.25, 0.3) is 0 Å². The quantitative estimate of drug-likeness (QED) is 0.770. The third-order valence-electron chi connectivity index (χ3n) is 4.06. The van der Waals surface area contributed by atoms with Gasteiger partial charge in [-0.05, 0) is 31.0 Å². The lowest BCUT2D eigenvalue weighted by molar-refractivity contribution is 0.0755. The van der Waals surface area contributed by atoms with Crippen molar-refractivity contribution in [3.05, 3.63) is 35.4 Å². The van der Waals surface area contributed by atoms with Crippen molar-refractivity contribution >= 4 is 11.8 Å². The van der Waals surface area contributed by atoms with Crippen LogP contribution < -0.4 is 10.6 Å². The lowest BCUT2D eigenvalue weighted by Gasteiger charge is -2.27. The third kappa shape index (κ3) is 4.79. The first kappa shape index (κ1) is 17.5. The second kappa shape index (κ2) is 8.67. The zero-order chi connectivity index (χ0) is 16.7. The molecule has 1 aromatic rings. The van der Waals surface area contributed by atoms with Crippen molar-refractivity contribution < 1.29 is 9.59 Å². The van der Waals surface area contributed by atoms with E-state index in [9.17, 15) is 9.59 Å². The van der Waals surface area contributed by atoms with Crippen LogP contribution in [-0.4, -0.2) is 49.4 Å². The summed E-state index contributed by atoms with van der Waals surface area (Å²) in [5.41, 5.74) is 1.14. The first-order valence-corrected chi connectivity index (χ1v) is 8.54. The van der Waals surface area contributed by atoms with Crippen molar-refractivity contribution in [2.45, 2.75) is 26.7 Å². The Labute approximate surface area is 138 Å². The van der Waals surface area contributed by atoms with Gasteiger partial charge in [-0.15, -0.1) is 0 Å². The average molecular weight is 317 g/mol. The summed E-state index contributed by atoms with van der Waals surface area (Å²) in [6.07, 6.45) is 1.86. The van der Waals surface area contributed by atoms with Crippen LogP contribution in [-0.2, 0) is 0 Å². The lowest BCUT2D eigenvalue weighted by Crippen LogP contribution is -2.48. The molecule has 0 atom stereocenters. The highest BCUT2D eigenvalue weighted by Crippen LogP contribution is 2.10. The maximum absolute atomic E-state index is 12.6. The summed E-state index contributed by atoms with van der Waals surface area (Å²) >= 11 is 0. The van der Waals surface area contributed by atoms with E-state index < -0.39 is 0 Å². The molecule has 0 aliphatic carbocycles. The van der Waals surface area contributed by atoms with E-state index in [0.29, 0.717) is 23.6 Å². The van der Waals surface area contributed by atoms with Gasteiger partial charge in [0.25, 0.3) is 11.8 Å². The number of carbonyl (C=O) groups excluding carboxylic acids is 2. The zero-order valence-corrected chi connectivity index (χ0v) is 14.1. The van der Waals surface area contributed by atoms with E-state index in [1.807, 2.05) is 4.90 Å². The molecule has 0 bridgehead atoms. The molecule has 23 heavy (non-hydrogen) atoms. The lowest BCUT2D eigenvalue weighted by atomic mass is 10.0. The minimum absolute atomic E-state index is 0.00606. The van der Waals surface area contributed by atoms with Crippen molar-refractivity contribution in [2.24, 2.45) is 5.92 Å². The second-order valence-electron chi connectivity index (χ2n) is 6.11. The molecule has 0 aromatic heterocycles. The number of nitrogens with zero attached hydrogens (tertiary/aromatic N) is 1. The Kier molecular flexibility index (Phi) is 6.59. The molecule has 1 aliphatic rings. The van der Waals surface area contributed by atoms with Crippen molar-refractivity contribution in [2.75, 3.05) is 32.7 Å². The first-order valence-electron chi connectivity index (χ1n) is 8.54. The highest BCUT2D eigenvalue weighted by Gasteiger charge is 2.19. The molecule has 0 saturated carbocycles. The van der Waals surface area contributed by atoms with E-state index in [4.69, 9.17) is 0 Å². The van der Waals surface area contributed by atoms with Gasteiger partial charge in [-0.25, -0.2) is 0 Å². The van der Waals surface area contributed by atoms with Gasteiger partial charge >= 0.3 is 0 Å². The van der Waals surface area contributed by atoms with Crippen molar-refractivity contribution in [1.29, 1.82) is 0 Å². The number of hydrogen-bond donors (Lipinski definition) is 2. The second-order valence-corrected chi connectivity index (χ2v) is 6.11. The van der Waals surface area contributed by atoms with Crippen LogP contribution in [0, 0.1) is 5.92 Å². The molecule has 5 nitrogen and oxygen atoms in total. The standard InChI is InChI=1S/C18H27N3O2/c1-3-8-21(9-4-2)18(23)16-7-5-6-15(10-16)17(22)20-13-14-11-19-12-14/h5-7,10,14,19H,3-4,8-9,11-13H2,1-2H3,(H,20,22). The van der Waals surface area contributed by atoms with Gasteiger partial charge in [-0.2, -0.15) is 0 Å². The Morgan fingerprint density at radius 1 is 1.17 bits per heavy atom. The number of nitrogens with one attached hydrogen (secondary N) is 2. The largest absolute Gasteiger partial charge is 0.352 e. The van der Waals surface area contributed by atoms with Gasteiger partial charge < -0.3 is 15.5 Å². The Morgan fingerprint density at radius 2 is 1.83 bits per heavy atom. The summed E-state index contributed by atoms with van der Waals surface area (Å²) in [6.45, 7) is 8.23. The van der Waals surface area contributed by atoms with Crippen molar-refractivity contribution in [3.63, 3.8) is 0 Å². The molecule has 1 fully saturated rings. The van der Waals surface area contributed by atoms with Crippen LogP contribution in [0.15, 0.2) is 24.3 Å². The Bertz CT molecular complexity index is 535. The molecule has 1 aliphatic heterocycles. The fourth-order valence-electron chi connectivity index (χ4n) is 2.66. The maximum atomic E-state index is 12.6. The molecule has 0 unspecified atom stereocenters. The van der Waals surface area contributed by atoms with Crippen molar-refractivity contribution in [1.82, 2.24) is 15.5 Å². The topological polar surface area (TPSA) is 61.4 Å². The maximum Gasteiger partial charge on any atom is 0.253 e. The molecule has 1 heterocycles. The van der Waals surface area contributed by atoms with Crippen LogP contribution in [0.2, 0.25) is 0 Å². The Morgan fingerprint density at radius 3 is 2.39 bits per heavy atom. The summed E-state index contributed by atoms with van der Waals surface area (Å²) in [5, 5.41) is 6.13. The Balaban J connectivity index is 2.02. The van der Waals surface area contributed by atoms with Gasteiger partial charge in [-0.1, -0.05) is 19.9 Å². The smallest absolute Gasteiger partial charge is 0.253 e. The molecule has 1 aromatic carbocycles. The van der Waals surface area contributed by atoms with Crippen LogP contribution in [0.4, 0.5) is 0 Å². The van der Waals surface area contributed by atoms with Crippen LogP contribution in [0.5, 0.6) is 0 Å². The summed E-state index contributed by atoms with van der Waals surface area (Å²) in [5.74, 6) is 0.420. The minimum atomic E-state index is -0.107. The van der Waals surface area contributed by atoms with Gasteiger partial charge in [0, 0.05) is 49.8 Å². The normalized spacial score (nSPS) is 14.2. The number of benzene rings is 1. The van der Waals surface area contributed by atoms with E-state index in [-0.39, 0.29) is 11.8 Å². The van der Waals surface area contributed by atoms with Crippen molar-refractivity contribution in [3.8, 4) is 0 Å². The molecule has 2 amide bonds. The number of hydrogen-bond acceptors (Lipinski definition) is 3. The van der Waals surface area contributed by atoms with Crippen LogP contribution >= 0.6 is 0 Å². The predicted octanol–water partition coefficient (Wildman–Crippen LogP) is 1.90. The SMILES string of the molecule is CCCN(CCC)C(=O)c1cccc(C(=O)NCC2CNC2)c1. The van der Waals surface area contributed by atoms with Crippen LogP contribution in [0.3, 0.4) is 0 Å². The average Bonchev–Trinajstić information content (AvgIpc) is 2.52. The molecule has 0 radical (unpaired) electrons. The van der Waals surface area contributed by atoms with Gasteiger partial charge in [0.1, 0.15) is 0 Å². The molecular weight excluding hydrogens is 290 g/mol. The molecule has 1 saturated heterocycles. The monoisotopic (exact) mass is 317 g/mol. The van der Waals surface area contributed by atoms with Gasteiger partial charge in [0.05, 0.1) is 0 Å². The molecule has 0 spiro atoms. The fraction of sp³-hybridized carbons (Fsp3) is 0.556. The van der Waals surface area contributed by atoms with E-state index in [0.717, 1.165) is 39.0 Å². The number of rotatable bonds is 8. The highest BCUT2D eigenvalue weighted by atomic mass is 16.2. The minimum Gasteiger partial charge on any atom is -0.352 e. The van der Waals surface area contributed by atoms with Crippen LogP contribution in [0.1, 0.15) is 47.4 Å². The molecular formula is C18H27N3O2. The fourth-order valence-corrected chi connectivity index (χ4v) is 2.66. The summed E-state index contributed by atoms with van der Waals surface area (Å²) in [6, 6.07) is 7.03. The molecule has 2 rings (SSSR count).